The molecule has 1 rings (SSSR count). The summed E-state index contributed by atoms with van der Waals surface area (Å²) in [5, 5.41) is 8.98. The van der Waals surface area contributed by atoms with E-state index in [1.54, 1.807) is 25.1 Å². The Balaban J connectivity index is 2.96. The monoisotopic (exact) mass is 219 g/mol. The molecule has 0 heterocycles. The topological polar surface area (TPSA) is 88.1 Å². The summed E-state index contributed by atoms with van der Waals surface area (Å²) >= 11 is 0. The number of hydrogen-bond acceptors (Lipinski definition) is 5. The van der Waals surface area contributed by atoms with Gasteiger partial charge in [-0.25, -0.2) is 0 Å². The van der Waals surface area contributed by atoms with E-state index < -0.39 is 0 Å². The second-order valence-electron chi connectivity index (χ2n) is 3.08. The van der Waals surface area contributed by atoms with Crippen LogP contribution < -0.4 is 11.3 Å². The lowest BCUT2D eigenvalue weighted by atomic mass is 10.0. The number of hydrogen-bond donors (Lipinski definition) is 2. The summed E-state index contributed by atoms with van der Waals surface area (Å²) in [5.41, 5.74) is 3.90. The maximum Gasteiger partial charge on any atom is 0.310 e. The number of carbonyl (C=O) groups is 1. The number of nitriles is 1. The summed E-state index contributed by atoms with van der Waals surface area (Å²) in [5.74, 6) is 4.91. The van der Waals surface area contributed by atoms with Crippen molar-refractivity contribution in [2.75, 3.05) is 12.0 Å². The molecule has 0 aliphatic carbocycles. The Labute approximate surface area is 93.8 Å². The van der Waals surface area contributed by atoms with Gasteiger partial charge in [-0.1, -0.05) is 12.1 Å². The van der Waals surface area contributed by atoms with Crippen LogP contribution in [-0.4, -0.2) is 12.6 Å². The number of nitrogens with two attached hydrogens (primary N) is 1. The second kappa shape index (κ2) is 5.73. The predicted octanol–water partition coefficient (Wildman–Crippen LogP) is 0.949. The third-order valence-corrected chi connectivity index (χ3v) is 2.06. The van der Waals surface area contributed by atoms with Crippen molar-refractivity contribution in [1.29, 1.82) is 5.26 Å². The molecule has 0 unspecified atom stereocenters. The lowest BCUT2D eigenvalue weighted by molar-refractivity contribution is -0.142. The summed E-state index contributed by atoms with van der Waals surface area (Å²) < 4.78 is 4.82. The van der Waals surface area contributed by atoms with Crippen LogP contribution >= 0.6 is 0 Å². The van der Waals surface area contributed by atoms with Crippen molar-refractivity contribution in [2.24, 2.45) is 5.84 Å². The van der Waals surface area contributed by atoms with E-state index in [1.807, 2.05) is 6.07 Å². The first kappa shape index (κ1) is 12.0. The predicted molar refractivity (Wildman–Crippen MR) is 59.3 cm³/mol. The Hall–Kier alpha value is -2.06. The molecule has 5 heteroatoms. The van der Waals surface area contributed by atoms with Crippen molar-refractivity contribution in [3.8, 4) is 6.07 Å². The molecule has 0 radical (unpaired) electrons. The highest BCUT2D eigenvalue weighted by Gasteiger charge is 2.11. The fourth-order valence-corrected chi connectivity index (χ4v) is 1.37. The van der Waals surface area contributed by atoms with Crippen molar-refractivity contribution in [3.63, 3.8) is 0 Å². The summed E-state index contributed by atoms with van der Waals surface area (Å²) in [6.45, 7) is 2.07. The Kier molecular flexibility index (Phi) is 4.30. The van der Waals surface area contributed by atoms with Crippen LogP contribution in [0.4, 0.5) is 5.69 Å². The van der Waals surface area contributed by atoms with Crippen LogP contribution in [0.2, 0.25) is 0 Å². The summed E-state index contributed by atoms with van der Waals surface area (Å²) in [7, 11) is 0. The first-order valence-corrected chi connectivity index (χ1v) is 4.87. The smallest absolute Gasteiger partial charge is 0.310 e. The lowest BCUT2D eigenvalue weighted by Gasteiger charge is -2.08. The zero-order valence-electron chi connectivity index (χ0n) is 8.99. The Morgan fingerprint density at radius 1 is 1.62 bits per heavy atom. The van der Waals surface area contributed by atoms with Crippen molar-refractivity contribution in [1.82, 2.24) is 0 Å². The van der Waals surface area contributed by atoms with Crippen molar-refractivity contribution >= 4 is 11.7 Å². The number of ether oxygens (including phenoxy) is 1. The van der Waals surface area contributed by atoms with E-state index in [1.165, 1.54) is 0 Å². The van der Waals surface area contributed by atoms with Gasteiger partial charge in [-0.05, 0) is 18.6 Å². The highest BCUT2D eigenvalue weighted by molar-refractivity contribution is 5.75. The average molecular weight is 219 g/mol. The molecule has 0 bridgehead atoms. The van der Waals surface area contributed by atoms with Gasteiger partial charge in [0.2, 0.25) is 0 Å². The fraction of sp³-hybridized carbons (Fsp3) is 0.273. The molecular weight excluding hydrogens is 206 g/mol. The highest BCUT2D eigenvalue weighted by atomic mass is 16.5. The fourth-order valence-electron chi connectivity index (χ4n) is 1.37. The molecule has 1 aromatic carbocycles. The number of anilines is 1. The third-order valence-electron chi connectivity index (χ3n) is 2.06. The van der Waals surface area contributed by atoms with Gasteiger partial charge < -0.3 is 10.2 Å². The van der Waals surface area contributed by atoms with Crippen LogP contribution in [-0.2, 0) is 16.0 Å². The molecule has 0 aromatic heterocycles. The standard InChI is InChI=1S/C11H13N3O2/c1-2-16-11(15)6-8-4-3-5-10(14-13)9(8)7-12/h3-5,14H,2,6,13H2,1H3. The molecule has 84 valence electrons. The quantitative estimate of drug-likeness (QED) is 0.447. The third kappa shape index (κ3) is 2.72. The average Bonchev–Trinajstić information content (AvgIpc) is 2.29. The minimum atomic E-state index is -0.354. The number of nitrogen functional groups attached to an aromatic ring is 1. The number of nitrogens with zero attached hydrogens (tertiary/aromatic N) is 1. The second-order valence-corrected chi connectivity index (χ2v) is 3.08. The molecule has 0 atom stereocenters. The van der Waals surface area contributed by atoms with Crippen LogP contribution in [0.5, 0.6) is 0 Å². The first-order valence-electron chi connectivity index (χ1n) is 4.87. The lowest BCUT2D eigenvalue weighted by Crippen LogP contribution is -2.12. The number of rotatable bonds is 4. The zero-order chi connectivity index (χ0) is 12.0. The largest absolute Gasteiger partial charge is 0.466 e. The van der Waals surface area contributed by atoms with Crippen molar-refractivity contribution in [2.45, 2.75) is 13.3 Å². The van der Waals surface area contributed by atoms with Gasteiger partial charge in [0.1, 0.15) is 6.07 Å². The van der Waals surface area contributed by atoms with Crippen LogP contribution in [0, 0.1) is 11.3 Å². The van der Waals surface area contributed by atoms with E-state index in [0.29, 0.717) is 23.4 Å². The van der Waals surface area contributed by atoms with Gasteiger partial charge in [0.05, 0.1) is 24.3 Å². The zero-order valence-corrected chi connectivity index (χ0v) is 8.99. The molecule has 0 saturated carbocycles. The van der Waals surface area contributed by atoms with E-state index in [-0.39, 0.29) is 12.4 Å². The van der Waals surface area contributed by atoms with Crippen molar-refractivity contribution in [3.05, 3.63) is 29.3 Å². The number of esters is 1. The maximum atomic E-state index is 11.3. The molecule has 5 nitrogen and oxygen atoms in total. The highest BCUT2D eigenvalue weighted by Crippen LogP contribution is 2.18. The normalized spacial score (nSPS) is 9.31. The molecule has 0 aliphatic heterocycles. The van der Waals surface area contributed by atoms with Crippen LogP contribution in [0.3, 0.4) is 0 Å². The number of benzene rings is 1. The molecule has 16 heavy (non-hydrogen) atoms. The molecule has 0 saturated heterocycles. The molecule has 0 amide bonds. The van der Waals surface area contributed by atoms with Gasteiger partial charge in [0, 0.05) is 0 Å². The number of hydrazine groups is 1. The van der Waals surface area contributed by atoms with Gasteiger partial charge >= 0.3 is 5.97 Å². The molecule has 0 spiro atoms. The van der Waals surface area contributed by atoms with Gasteiger partial charge in [-0.3, -0.25) is 10.6 Å². The van der Waals surface area contributed by atoms with Crippen LogP contribution in [0.1, 0.15) is 18.1 Å². The SMILES string of the molecule is CCOC(=O)Cc1cccc(NN)c1C#N. The van der Waals surface area contributed by atoms with E-state index >= 15 is 0 Å². The minimum absolute atomic E-state index is 0.0756. The Morgan fingerprint density at radius 2 is 2.38 bits per heavy atom. The molecule has 3 N–H and O–H groups in total. The van der Waals surface area contributed by atoms with Gasteiger partial charge in [0.25, 0.3) is 0 Å². The van der Waals surface area contributed by atoms with E-state index in [4.69, 9.17) is 15.8 Å². The number of carbonyl (C=O) groups excluding carboxylic acids is 1. The summed E-state index contributed by atoms with van der Waals surface area (Å²) in [6, 6.07) is 7.12. The van der Waals surface area contributed by atoms with Crippen molar-refractivity contribution < 1.29 is 9.53 Å². The van der Waals surface area contributed by atoms with E-state index in [0.717, 1.165) is 0 Å². The van der Waals surface area contributed by atoms with E-state index in [2.05, 4.69) is 5.43 Å². The van der Waals surface area contributed by atoms with Gasteiger partial charge in [-0.15, -0.1) is 0 Å². The molecule has 1 aromatic rings. The van der Waals surface area contributed by atoms with Crippen LogP contribution in [0.25, 0.3) is 0 Å². The first-order chi connectivity index (χ1) is 7.72. The molecular formula is C11H13N3O2. The minimum Gasteiger partial charge on any atom is -0.466 e. The summed E-state index contributed by atoms with van der Waals surface area (Å²) in [6.07, 6.45) is 0.0756. The summed E-state index contributed by atoms with van der Waals surface area (Å²) in [4.78, 5) is 11.3. The van der Waals surface area contributed by atoms with Crippen LogP contribution in [0.15, 0.2) is 18.2 Å². The van der Waals surface area contributed by atoms with Gasteiger partial charge in [-0.2, -0.15) is 5.26 Å². The van der Waals surface area contributed by atoms with E-state index in [9.17, 15) is 4.79 Å². The maximum absolute atomic E-state index is 11.3. The van der Waals surface area contributed by atoms with Gasteiger partial charge in [0.15, 0.2) is 0 Å². The number of nitrogens with one attached hydrogen (secondary N) is 1. The Morgan fingerprint density at radius 3 is 2.94 bits per heavy atom. The molecule has 0 aliphatic rings. The Bertz CT molecular complexity index is 424. The molecule has 0 fully saturated rings.